The van der Waals surface area contributed by atoms with Crippen LogP contribution in [0.4, 0.5) is 0 Å². The molecule has 2 nitrogen and oxygen atoms in total. The Kier molecular flexibility index (Phi) is 6.84. The second-order valence-corrected chi connectivity index (χ2v) is 13.8. The fraction of sp³-hybridized carbons (Fsp3) is 0.111. The lowest BCUT2D eigenvalue weighted by Crippen LogP contribution is -2.23. The number of fused-ring (bicyclic) bond motifs is 7. The second kappa shape index (κ2) is 11.4. The Hall–Kier alpha value is -5.38. The molecule has 0 N–H and O–H groups in total. The molecule has 0 spiro atoms. The van der Waals surface area contributed by atoms with Gasteiger partial charge < -0.3 is 0 Å². The van der Waals surface area contributed by atoms with Crippen LogP contribution in [0.1, 0.15) is 37.8 Å². The number of rotatable bonds is 6. The van der Waals surface area contributed by atoms with Crippen LogP contribution in [-0.4, -0.2) is 9.97 Å². The van der Waals surface area contributed by atoms with Gasteiger partial charge in [-0.1, -0.05) is 141 Å². The van der Waals surface area contributed by atoms with Crippen molar-refractivity contribution < 1.29 is 0 Å². The first-order valence-electron chi connectivity index (χ1n) is 16.9. The van der Waals surface area contributed by atoms with Gasteiger partial charge in [-0.15, -0.1) is 11.3 Å². The number of thiophene rings is 1. The molecule has 0 bridgehead atoms. The molecule has 0 aliphatic heterocycles. The number of nitrogens with zero attached hydrogens (tertiary/aromatic N) is 2. The highest BCUT2D eigenvalue weighted by molar-refractivity contribution is 7.26. The minimum atomic E-state index is 0.00756. The van der Waals surface area contributed by atoms with Gasteiger partial charge in [0.2, 0.25) is 0 Å². The van der Waals surface area contributed by atoms with Crippen molar-refractivity contribution in [1.82, 2.24) is 9.97 Å². The third-order valence-corrected chi connectivity index (χ3v) is 11.6. The summed E-state index contributed by atoms with van der Waals surface area (Å²) in [6.07, 6.45) is 2.15. The van der Waals surface area contributed by atoms with Crippen LogP contribution in [0.15, 0.2) is 146 Å². The minimum absolute atomic E-state index is 0.00756. The summed E-state index contributed by atoms with van der Waals surface area (Å²) in [6, 6.07) is 52.4. The Balaban J connectivity index is 1.24. The molecule has 2 heterocycles. The molecule has 48 heavy (non-hydrogen) atoms. The van der Waals surface area contributed by atoms with Crippen molar-refractivity contribution in [3.63, 3.8) is 0 Å². The van der Waals surface area contributed by atoms with Crippen molar-refractivity contribution >= 4 is 31.5 Å². The lowest BCUT2D eigenvalue weighted by Gasteiger charge is -2.30. The fourth-order valence-corrected chi connectivity index (χ4v) is 9.23. The molecular formula is C45H34N2S. The summed E-state index contributed by atoms with van der Waals surface area (Å²) in [4.78, 5) is 10.1. The molecule has 0 atom stereocenters. The highest BCUT2D eigenvalue weighted by Gasteiger charge is 2.42. The molecule has 1 aliphatic rings. The van der Waals surface area contributed by atoms with Crippen molar-refractivity contribution in [2.24, 2.45) is 0 Å². The number of aromatic nitrogens is 2. The smallest absolute Gasteiger partial charge is 0.160 e. The van der Waals surface area contributed by atoms with Gasteiger partial charge in [0.25, 0.3) is 0 Å². The van der Waals surface area contributed by atoms with E-state index in [0.717, 1.165) is 46.7 Å². The lowest BCUT2D eigenvalue weighted by atomic mass is 9.73. The van der Waals surface area contributed by atoms with Crippen molar-refractivity contribution in [3.05, 3.63) is 157 Å². The normalized spacial score (nSPS) is 13.1. The van der Waals surface area contributed by atoms with E-state index in [0.29, 0.717) is 0 Å². The largest absolute Gasteiger partial charge is 0.228 e. The molecule has 6 aromatic carbocycles. The van der Waals surface area contributed by atoms with E-state index in [-0.39, 0.29) is 5.41 Å². The summed E-state index contributed by atoms with van der Waals surface area (Å²) in [6.45, 7) is 4.71. The van der Waals surface area contributed by atoms with Gasteiger partial charge in [-0.05, 0) is 58.9 Å². The van der Waals surface area contributed by atoms with Crippen LogP contribution in [0.3, 0.4) is 0 Å². The molecule has 0 amide bonds. The van der Waals surface area contributed by atoms with Crippen molar-refractivity contribution in [3.8, 4) is 56.2 Å². The zero-order chi connectivity index (χ0) is 32.2. The van der Waals surface area contributed by atoms with Crippen LogP contribution in [0.25, 0.3) is 76.3 Å². The van der Waals surface area contributed by atoms with Crippen molar-refractivity contribution in [1.29, 1.82) is 0 Å². The predicted octanol–water partition coefficient (Wildman–Crippen LogP) is 12.6. The number of hydrogen-bond acceptors (Lipinski definition) is 3. The molecule has 0 fully saturated rings. The summed E-state index contributed by atoms with van der Waals surface area (Å²) in [7, 11) is 0. The van der Waals surface area contributed by atoms with E-state index in [1.165, 1.54) is 53.6 Å². The second-order valence-electron chi connectivity index (χ2n) is 12.8. The first kappa shape index (κ1) is 28.8. The van der Waals surface area contributed by atoms with Crippen LogP contribution in [0.2, 0.25) is 0 Å². The average Bonchev–Trinajstić information content (AvgIpc) is 3.69. The van der Waals surface area contributed by atoms with Crippen molar-refractivity contribution in [2.75, 3.05) is 0 Å². The third kappa shape index (κ3) is 4.38. The van der Waals surface area contributed by atoms with Gasteiger partial charge in [-0.2, -0.15) is 0 Å². The van der Waals surface area contributed by atoms with Gasteiger partial charge in [0.05, 0.1) is 11.4 Å². The molecule has 0 saturated heterocycles. The molecule has 0 radical (unpaired) electrons. The number of benzene rings is 6. The van der Waals surface area contributed by atoms with E-state index in [1.807, 2.05) is 35.6 Å². The Morgan fingerprint density at radius 1 is 0.521 bits per heavy atom. The van der Waals surface area contributed by atoms with Crippen LogP contribution in [0.5, 0.6) is 0 Å². The van der Waals surface area contributed by atoms with E-state index in [1.54, 1.807) is 0 Å². The van der Waals surface area contributed by atoms with Crippen LogP contribution < -0.4 is 0 Å². The van der Waals surface area contributed by atoms with Crippen LogP contribution >= 0.6 is 11.3 Å². The van der Waals surface area contributed by atoms with Gasteiger partial charge in [-0.3, -0.25) is 0 Å². The van der Waals surface area contributed by atoms with Gasteiger partial charge in [-0.25, -0.2) is 9.97 Å². The monoisotopic (exact) mass is 634 g/mol. The Morgan fingerprint density at radius 3 is 1.81 bits per heavy atom. The van der Waals surface area contributed by atoms with Crippen LogP contribution in [0, 0.1) is 0 Å². The topological polar surface area (TPSA) is 25.8 Å². The summed E-state index contributed by atoms with van der Waals surface area (Å²) in [5.74, 6) is 0.733. The highest BCUT2D eigenvalue weighted by Crippen LogP contribution is 2.58. The standard InChI is InChI=1S/C45H34N2S/c1-3-45(4-2)36-21-13-11-19-33(36)42-37(45)27-35(41-34-20-12-14-22-40(34)48-43(41)42)29-23-25-31(26-24-29)39-28-38(30-15-7-5-8-16-30)46-44(47-39)32-17-9-6-10-18-32/h5-28H,3-4H2,1-2H3. The van der Waals surface area contributed by atoms with E-state index in [4.69, 9.17) is 9.97 Å². The van der Waals surface area contributed by atoms with E-state index in [9.17, 15) is 0 Å². The molecule has 0 saturated carbocycles. The molecule has 2 aromatic heterocycles. The molecule has 230 valence electrons. The zero-order valence-corrected chi connectivity index (χ0v) is 27.9. The Morgan fingerprint density at radius 2 is 1.10 bits per heavy atom. The summed E-state index contributed by atoms with van der Waals surface area (Å²) < 4.78 is 2.74. The minimum Gasteiger partial charge on any atom is -0.228 e. The van der Waals surface area contributed by atoms with Crippen molar-refractivity contribution in [2.45, 2.75) is 32.1 Å². The van der Waals surface area contributed by atoms with E-state index >= 15 is 0 Å². The van der Waals surface area contributed by atoms with E-state index < -0.39 is 0 Å². The molecule has 1 aliphatic carbocycles. The van der Waals surface area contributed by atoms with E-state index in [2.05, 4.69) is 135 Å². The van der Waals surface area contributed by atoms with Gasteiger partial charge in [0.15, 0.2) is 5.82 Å². The quantitative estimate of drug-likeness (QED) is 0.182. The average molecular weight is 635 g/mol. The molecular weight excluding hydrogens is 601 g/mol. The Bertz CT molecular complexity index is 2400. The maximum Gasteiger partial charge on any atom is 0.160 e. The molecule has 3 heteroatoms. The maximum atomic E-state index is 5.09. The lowest BCUT2D eigenvalue weighted by molar-refractivity contribution is 0.491. The first-order chi connectivity index (χ1) is 23.7. The molecule has 0 unspecified atom stereocenters. The van der Waals surface area contributed by atoms with Gasteiger partial charge in [0.1, 0.15) is 0 Å². The maximum absolute atomic E-state index is 5.09. The zero-order valence-electron chi connectivity index (χ0n) is 27.1. The van der Waals surface area contributed by atoms with Crippen LogP contribution in [-0.2, 0) is 5.41 Å². The fourth-order valence-electron chi connectivity index (χ4n) is 7.94. The highest BCUT2D eigenvalue weighted by atomic mass is 32.1. The number of hydrogen-bond donors (Lipinski definition) is 0. The SMILES string of the molecule is CCC1(CC)c2ccccc2-c2c1cc(-c1ccc(-c3cc(-c4ccccc4)nc(-c4ccccc4)n3)cc1)c1c2sc2ccccc21. The first-order valence-corrected chi connectivity index (χ1v) is 17.7. The Labute approximate surface area is 285 Å². The summed E-state index contributed by atoms with van der Waals surface area (Å²) in [5, 5.41) is 2.69. The summed E-state index contributed by atoms with van der Waals surface area (Å²) in [5.41, 5.74) is 13.3. The summed E-state index contributed by atoms with van der Waals surface area (Å²) >= 11 is 1.94. The third-order valence-electron chi connectivity index (χ3n) is 10.4. The molecule has 8 aromatic rings. The predicted molar refractivity (Wildman–Crippen MR) is 203 cm³/mol. The van der Waals surface area contributed by atoms with Gasteiger partial charge in [0, 0.05) is 47.8 Å². The van der Waals surface area contributed by atoms with Gasteiger partial charge >= 0.3 is 0 Å². The molecule has 9 rings (SSSR count).